The maximum Gasteiger partial charge on any atom is 0.416 e. The average Bonchev–Trinajstić information content (AvgIpc) is 2.45. The number of hydrogen-bond donors (Lipinski definition) is 1. The van der Waals surface area contributed by atoms with E-state index in [9.17, 15) is 13.2 Å². The smallest absolute Gasteiger partial charge is 0.326 e. The van der Waals surface area contributed by atoms with Gasteiger partial charge in [-0.3, -0.25) is 0 Å². The number of thioether (sulfide) groups is 1. The minimum Gasteiger partial charge on any atom is -0.326 e. The molecule has 0 bridgehead atoms. The van der Waals surface area contributed by atoms with Crippen LogP contribution in [0.4, 0.5) is 13.2 Å². The first-order chi connectivity index (χ1) is 9.49. The van der Waals surface area contributed by atoms with Crippen molar-refractivity contribution in [2.24, 2.45) is 5.73 Å². The second-order valence-corrected chi connectivity index (χ2v) is 5.38. The molecule has 0 saturated carbocycles. The maximum atomic E-state index is 12.4. The molecule has 2 aromatic carbocycles. The summed E-state index contributed by atoms with van der Waals surface area (Å²) in [6.07, 6.45) is -4.27. The summed E-state index contributed by atoms with van der Waals surface area (Å²) in [6, 6.07) is 13.1. The summed E-state index contributed by atoms with van der Waals surface area (Å²) >= 11 is 1.58. The molecule has 2 aromatic rings. The largest absolute Gasteiger partial charge is 0.416 e. The molecule has 0 heterocycles. The molecule has 1 nitrogen and oxygen atoms in total. The molecular formula is C15H14F3NS. The van der Waals surface area contributed by atoms with Gasteiger partial charge in [0.25, 0.3) is 0 Å². The molecule has 5 heteroatoms. The van der Waals surface area contributed by atoms with E-state index in [0.717, 1.165) is 28.2 Å². The summed E-state index contributed by atoms with van der Waals surface area (Å²) in [5.41, 5.74) is 6.83. The molecule has 0 atom stereocenters. The zero-order valence-electron chi connectivity index (χ0n) is 10.7. The van der Waals surface area contributed by atoms with Gasteiger partial charge < -0.3 is 5.73 Å². The average molecular weight is 297 g/mol. The Bertz CT molecular complexity index is 547. The van der Waals surface area contributed by atoms with Crippen LogP contribution in [-0.2, 0) is 18.5 Å². The van der Waals surface area contributed by atoms with Crippen LogP contribution in [0, 0.1) is 0 Å². The Balaban J connectivity index is 1.96. The first kappa shape index (κ1) is 14.9. The Kier molecular flexibility index (Phi) is 4.73. The molecule has 0 aliphatic rings. The fraction of sp³-hybridized carbons (Fsp3) is 0.200. The van der Waals surface area contributed by atoms with Crippen molar-refractivity contribution in [2.75, 3.05) is 0 Å². The summed E-state index contributed by atoms with van der Waals surface area (Å²) in [5, 5.41) is 0. The molecule has 20 heavy (non-hydrogen) atoms. The van der Waals surface area contributed by atoms with Crippen LogP contribution >= 0.6 is 11.8 Å². The quantitative estimate of drug-likeness (QED) is 0.843. The van der Waals surface area contributed by atoms with Gasteiger partial charge in [-0.25, -0.2) is 0 Å². The lowest BCUT2D eigenvalue weighted by atomic mass is 10.1. The van der Waals surface area contributed by atoms with Crippen molar-refractivity contribution in [3.8, 4) is 0 Å². The lowest BCUT2D eigenvalue weighted by Gasteiger charge is -2.07. The molecule has 2 rings (SSSR count). The predicted molar refractivity (Wildman–Crippen MR) is 75.3 cm³/mol. The van der Waals surface area contributed by atoms with Gasteiger partial charge in [0, 0.05) is 17.2 Å². The SMILES string of the molecule is NCc1ccc(SCc2ccc(C(F)(F)F)cc2)cc1. The third kappa shape index (κ3) is 4.02. The number of alkyl halides is 3. The zero-order valence-corrected chi connectivity index (χ0v) is 11.5. The molecule has 0 aliphatic carbocycles. The predicted octanol–water partition coefficient (Wildman–Crippen LogP) is 4.46. The minimum atomic E-state index is -4.27. The third-order valence-corrected chi connectivity index (χ3v) is 3.93. The van der Waals surface area contributed by atoms with Crippen molar-refractivity contribution in [1.82, 2.24) is 0 Å². The number of hydrogen-bond acceptors (Lipinski definition) is 2. The van der Waals surface area contributed by atoms with Crippen molar-refractivity contribution in [1.29, 1.82) is 0 Å². The second-order valence-electron chi connectivity index (χ2n) is 4.33. The lowest BCUT2D eigenvalue weighted by molar-refractivity contribution is -0.137. The summed E-state index contributed by atoms with van der Waals surface area (Å²) in [6.45, 7) is 0.504. The molecule has 0 spiro atoms. The van der Waals surface area contributed by atoms with Gasteiger partial charge in [0.15, 0.2) is 0 Å². The second kappa shape index (κ2) is 6.33. The number of rotatable bonds is 4. The van der Waals surface area contributed by atoms with E-state index in [4.69, 9.17) is 5.73 Å². The minimum absolute atomic E-state index is 0.504. The highest BCUT2D eigenvalue weighted by molar-refractivity contribution is 7.98. The molecular weight excluding hydrogens is 283 g/mol. The molecule has 0 amide bonds. The van der Waals surface area contributed by atoms with Crippen LogP contribution < -0.4 is 5.73 Å². The summed E-state index contributed by atoms with van der Waals surface area (Å²) in [4.78, 5) is 1.07. The number of halogens is 3. The van der Waals surface area contributed by atoms with Gasteiger partial charge in [0.1, 0.15) is 0 Å². The Morgan fingerprint density at radius 2 is 1.40 bits per heavy atom. The topological polar surface area (TPSA) is 26.0 Å². The van der Waals surface area contributed by atoms with Gasteiger partial charge in [-0.15, -0.1) is 11.8 Å². The van der Waals surface area contributed by atoms with Crippen molar-refractivity contribution in [3.63, 3.8) is 0 Å². The molecule has 0 saturated heterocycles. The van der Waals surface area contributed by atoms with Crippen LogP contribution in [0.15, 0.2) is 53.4 Å². The summed E-state index contributed by atoms with van der Waals surface area (Å²) in [5.74, 6) is 0.639. The molecule has 0 unspecified atom stereocenters. The van der Waals surface area contributed by atoms with E-state index >= 15 is 0 Å². The van der Waals surface area contributed by atoms with Crippen molar-refractivity contribution in [3.05, 3.63) is 65.2 Å². The highest BCUT2D eigenvalue weighted by Crippen LogP contribution is 2.30. The summed E-state index contributed by atoms with van der Waals surface area (Å²) < 4.78 is 37.3. The van der Waals surface area contributed by atoms with E-state index in [2.05, 4.69) is 0 Å². The fourth-order valence-electron chi connectivity index (χ4n) is 1.68. The van der Waals surface area contributed by atoms with Crippen LogP contribution in [0.3, 0.4) is 0 Å². The van der Waals surface area contributed by atoms with Crippen molar-refractivity contribution < 1.29 is 13.2 Å². The van der Waals surface area contributed by atoms with E-state index in [1.165, 1.54) is 12.1 Å². The normalized spacial score (nSPS) is 11.6. The molecule has 0 aliphatic heterocycles. The van der Waals surface area contributed by atoms with Crippen LogP contribution in [0.25, 0.3) is 0 Å². The van der Waals surface area contributed by atoms with Gasteiger partial charge >= 0.3 is 6.18 Å². The molecule has 0 fully saturated rings. The van der Waals surface area contributed by atoms with Crippen molar-refractivity contribution in [2.45, 2.75) is 23.4 Å². The van der Waals surface area contributed by atoms with Crippen LogP contribution in [0.5, 0.6) is 0 Å². The Hall–Kier alpha value is -1.46. The fourth-order valence-corrected chi connectivity index (χ4v) is 2.53. The Morgan fingerprint density at radius 1 is 0.850 bits per heavy atom. The van der Waals surface area contributed by atoms with E-state index in [0.29, 0.717) is 12.3 Å². The van der Waals surface area contributed by atoms with E-state index in [-0.39, 0.29) is 0 Å². The standard InChI is InChI=1S/C15H14F3NS/c16-15(17,18)13-5-1-12(2-6-13)10-20-14-7-3-11(9-19)4-8-14/h1-8H,9-10,19H2. The highest BCUT2D eigenvalue weighted by atomic mass is 32.2. The molecule has 106 valence electrons. The van der Waals surface area contributed by atoms with Gasteiger partial charge in [0.2, 0.25) is 0 Å². The zero-order chi connectivity index (χ0) is 14.6. The van der Waals surface area contributed by atoms with Crippen LogP contribution in [-0.4, -0.2) is 0 Å². The van der Waals surface area contributed by atoms with Gasteiger partial charge in [-0.2, -0.15) is 13.2 Å². The van der Waals surface area contributed by atoms with Gasteiger partial charge in [0.05, 0.1) is 5.56 Å². The van der Waals surface area contributed by atoms with Gasteiger partial charge in [-0.1, -0.05) is 24.3 Å². The van der Waals surface area contributed by atoms with Crippen LogP contribution in [0.1, 0.15) is 16.7 Å². The summed E-state index contributed by atoms with van der Waals surface area (Å²) in [7, 11) is 0. The third-order valence-electron chi connectivity index (χ3n) is 2.85. The monoisotopic (exact) mass is 297 g/mol. The molecule has 2 N–H and O–H groups in total. The first-order valence-corrected chi connectivity index (χ1v) is 7.05. The highest BCUT2D eigenvalue weighted by Gasteiger charge is 2.29. The van der Waals surface area contributed by atoms with Crippen molar-refractivity contribution >= 4 is 11.8 Å². The Morgan fingerprint density at radius 3 is 1.90 bits per heavy atom. The van der Waals surface area contributed by atoms with E-state index in [1.54, 1.807) is 11.8 Å². The maximum absolute atomic E-state index is 12.4. The van der Waals surface area contributed by atoms with E-state index < -0.39 is 11.7 Å². The molecule has 0 aromatic heterocycles. The van der Waals surface area contributed by atoms with E-state index in [1.807, 2.05) is 24.3 Å². The Labute approximate surface area is 120 Å². The number of benzene rings is 2. The lowest BCUT2D eigenvalue weighted by Crippen LogP contribution is -2.04. The van der Waals surface area contributed by atoms with Crippen LogP contribution in [0.2, 0.25) is 0 Å². The number of nitrogens with two attached hydrogens (primary N) is 1. The first-order valence-electron chi connectivity index (χ1n) is 6.07. The molecule has 0 radical (unpaired) electrons. The van der Waals surface area contributed by atoms with Gasteiger partial charge in [-0.05, 0) is 35.4 Å².